The van der Waals surface area contributed by atoms with E-state index in [2.05, 4.69) is 0 Å². The summed E-state index contributed by atoms with van der Waals surface area (Å²) in [7, 11) is 2.90. The summed E-state index contributed by atoms with van der Waals surface area (Å²) >= 11 is 0. The van der Waals surface area contributed by atoms with Crippen LogP contribution in [0.4, 0.5) is 0 Å². The van der Waals surface area contributed by atoms with E-state index < -0.39 is 30.2 Å². The summed E-state index contributed by atoms with van der Waals surface area (Å²) in [5.41, 5.74) is 0.989. The first kappa shape index (κ1) is 19.3. The van der Waals surface area contributed by atoms with E-state index in [9.17, 15) is 4.79 Å². The highest BCUT2D eigenvalue weighted by Crippen LogP contribution is 2.45. The zero-order valence-electron chi connectivity index (χ0n) is 15.5. The van der Waals surface area contributed by atoms with Crippen LogP contribution < -0.4 is 0 Å². The Balaban J connectivity index is 1.89. The Morgan fingerprint density at radius 2 is 1.85 bits per heavy atom. The van der Waals surface area contributed by atoms with Crippen molar-refractivity contribution in [3.8, 4) is 0 Å². The van der Waals surface area contributed by atoms with E-state index in [-0.39, 0.29) is 25.3 Å². The fraction of sp³-hybridized carbons (Fsp3) is 0.632. The van der Waals surface area contributed by atoms with Crippen LogP contribution in [-0.2, 0) is 33.2 Å². The average molecular weight is 366 g/mol. The summed E-state index contributed by atoms with van der Waals surface area (Å²) in [4.78, 5) is 11.8. The van der Waals surface area contributed by atoms with E-state index in [1.54, 1.807) is 7.11 Å². The molecule has 2 aliphatic rings. The Morgan fingerprint density at radius 3 is 2.50 bits per heavy atom. The van der Waals surface area contributed by atoms with Gasteiger partial charge in [0, 0.05) is 7.11 Å². The number of ether oxygens (including phenoxy) is 6. The standard InChI is InChI=1S/C19H26O7/c1-19(2)25-15(12-8-6-5-7-9-12)17-18(26-19)16(23-11-21-3)13(24-17)10-14(20)22-4/h5-9,13,15-18H,10-11H2,1-4H3/t13-,15-,16+,17-,18-/m1/s1. The summed E-state index contributed by atoms with van der Waals surface area (Å²) in [5.74, 6) is -1.18. The number of methoxy groups -OCH3 is 2. The lowest BCUT2D eigenvalue weighted by Gasteiger charge is -2.43. The Labute approximate surface area is 153 Å². The number of hydrogen-bond donors (Lipinski definition) is 0. The van der Waals surface area contributed by atoms with Crippen molar-refractivity contribution >= 4 is 5.97 Å². The molecule has 1 aromatic rings. The second kappa shape index (κ2) is 8.02. The molecule has 26 heavy (non-hydrogen) atoms. The number of carbonyl (C=O) groups excluding carboxylic acids is 1. The molecule has 0 saturated carbocycles. The summed E-state index contributed by atoms with van der Waals surface area (Å²) < 4.78 is 34.1. The molecule has 1 aromatic carbocycles. The van der Waals surface area contributed by atoms with Gasteiger partial charge in [-0.3, -0.25) is 4.79 Å². The number of fused-ring (bicyclic) bond motifs is 1. The molecule has 0 aliphatic carbocycles. The maximum absolute atomic E-state index is 11.8. The first-order chi connectivity index (χ1) is 12.4. The van der Waals surface area contributed by atoms with Crippen LogP contribution in [0.2, 0.25) is 0 Å². The molecular formula is C19H26O7. The van der Waals surface area contributed by atoms with Gasteiger partial charge in [-0.15, -0.1) is 0 Å². The lowest BCUT2D eigenvalue weighted by Crippen LogP contribution is -2.52. The van der Waals surface area contributed by atoms with Crippen LogP contribution in [0.3, 0.4) is 0 Å². The molecule has 7 heteroatoms. The molecule has 3 rings (SSSR count). The number of carbonyl (C=O) groups is 1. The highest BCUT2D eigenvalue weighted by Gasteiger charge is 2.56. The maximum atomic E-state index is 11.8. The van der Waals surface area contributed by atoms with Gasteiger partial charge in [-0.25, -0.2) is 0 Å². The third-order valence-electron chi connectivity index (χ3n) is 4.58. The van der Waals surface area contributed by atoms with Crippen LogP contribution in [0.5, 0.6) is 0 Å². The molecule has 0 N–H and O–H groups in total. The van der Waals surface area contributed by atoms with Crippen molar-refractivity contribution in [1.29, 1.82) is 0 Å². The fourth-order valence-corrected chi connectivity index (χ4v) is 3.52. The van der Waals surface area contributed by atoms with Crippen molar-refractivity contribution in [2.24, 2.45) is 0 Å². The molecule has 2 heterocycles. The van der Waals surface area contributed by atoms with Gasteiger partial charge >= 0.3 is 5.97 Å². The molecule has 0 radical (unpaired) electrons. The van der Waals surface area contributed by atoms with Crippen LogP contribution in [0, 0.1) is 0 Å². The van der Waals surface area contributed by atoms with Crippen LogP contribution in [0.1, 0.15) is 31.9 Å². The zero-order valence-corrected chi connectivity index (χ0v) is 15.5. The van der Waals surface area contributed by atoms with Gasteiger partial charge in [-0.1, -0.05) is 30.3 Å². The van der Waals surface area contributed by atoms with Gasteiger partial charge in [0.1, 0.15) is 31.2 Å². The summed E-state index contributed by atoms with van der Waals surface area (Å²) in [6.07, 6.45) is -2.02. The molecular weight excluding hydrogens is 340 g/mol. The third kappa shape index (κ3) is 4.07. The van der Waals surface area contributed by atoms with E-state index in [0.29, 0.717) is 0 Å². The van der Waals surface area contributed by atoms with Gasteiger partial charge in [-0.05, 0) is 19.4 Å². The number of benzene rings is 1. The van der Waals surface area contributed by atoms with Crippen molar-refractivity contribution < 1.29 is 33.2 Å². The van der Waals surface area contributed by atoms with Gasteiger partial charge in [0.25, 0.3) is 0 Å². The number of esters is 1. The van der Waals surface area contributed by atoms with E-state index in [0.717, 1.165) is 5.56 Å². The van der Waals surface area contributed by atoms with Crippen LogP contribution in [-0.4, -0.2) is 57.2 Å². The molecule has 2 aliphatic heterocycles. The van der Waals surface area contributed by atoms with Crippen LogP contribution >= 0.6 is 0 Å². The predicted molar refractivity (Wildman–Crippen MR) is 91.3 cm³/mol. The predicted octanol–water partition coefficient (Wildman–Crippen LogP) is 2.20. The molecule has 0 spiro atoms. The Bertz CT molecular complexity index is 603. The molecule has 2 fully saturated rings. The monoisotopic (exact) mass is 366 g/mol. The van der Waals surface area contributed by atoms with Gasteiger partial charge in [0.2, 0.25) is 0 Å². The Hall–Kier alpha value is -1.51. The summed E-state index contributed by atoms with van der Waals surface area (Å²) in [5, 5.41) is 0. The molecule has 144 valence electrons. The topological polar surface area (TPSA) is 72.5 Å². The first-order valence-electron chi connectivity index (χ1n) is 8.68. The van der Waals surface area contributed by atoms with Crippen LogP contribution in [0.25, 0.3) is 0 Å². The van der Waals surface area contributed by atoms with Crippen molar-refractivity contribution in [2.45, 2.75) is 56.6 Å². The molecule has 0 aromatic heterocycles. The minimum Gasteiger partial charge on any atom is -0.469 e. The first-order valence-corrected chi connectivity index (χ1v) is 8.68. The smallest absolute Gasteiger partial charge is 0.308 e. The minimum atomic E-state index is -0.820. The van der Waals surface area contributed by atoms with Gasteiger partial charge < -0.3 is 28.4 Å². The van der Waals surface area contributed by atoms with E-state index in [1.807, 2.05) is 44.2 Å². The minimum absolute atomic E-state index is 0.0726. The van der Waals surface area contributed by atoms with E-state index >= 15 is 0 Å². The molecule has 2 saturated heterocycles. The maximum Gasteiger partial charge on any atom is 0.308 e. The van der Waals surface area contributed by atoms with Crippen molar-refractivity contribution in [3.63, 3.8) is 0 Å². The van der Waals surface area contributed by atoms with Crippen molar-refractivity contribution in [3.05, 3.63) is 35.9 Å². The highest BCUT2D eigenvalue weighted by molar-refractivity contribution is 5.70. The Kier molecular flexibility index (Phi) is 5.94. The summed E-state index contributed by atoms with van der Waals surface area (Å²) in [6.45, 7) is 3.80. The normalized spacial score (nSPS) is 32.8. The van der Waals surface area contributed by atoms with Gasteiger partial charge in [0.15, 0.2) is 5.79 Å². The van der Waals surface area contributed by atoms with Gasteiger partial charge in [-0.2, -0.15) is 0 Å². The average Bonchev–Trinajstić information content (AvgIpc) is 2.95. The lowest BCUT2D eigenvalue weighted by atomic mass is 9.95. The Morgan fingerprint density at radius 1 is 1.12 bits per heavy atom. The second-order valence-corrected chi connectivity index (χ2v) is 6.89. The zero-order chi connectivity index (χ0) is 18.7. The van der Waals surface area contributed by atoms with Crippen molar-refractivity contribution in [2.75, 3.05) is 21.0 Å². The lowest BCUT2D eigenvalue weighted by molar-refractivity contribution is -0.333. The fourth-order valence-electron chi connectivity index (χ4n) is 3.52. The molecule has 7 nitrogen and oxygen atoms in total. The quantitative estimate of drug-likeness (QED) is 0.564. The van der Waals surface area contributed by atoms with E-state index in [1.165, 1.54) is 7.11 Å². The van der Waals surface area contributed by atoms with Crippen molar-refractivity contribution in [1.82, 2.24) is 0 Å². The molecule has 0 unspecified atom stereocenters. The highest BCUT2D eigenvalue weighted by atomic mass is 16.8. The second-order valence-electron chi connectivity index (χ2n) is 6.89. The van der Waals surface area contributed by atoms with Crippen LogP contribution in [0.15, 0.2) is 30.3 Å². The van der Waals surface area contributed by atoms with E-state index in [4.69, 9.17) is 28.4 Å². The third-order valence-corrected chi connectivity index (χ3v) is 4.58. The SMILES string of the molecule is COCO[C@@H]1[C@H]2OC(C)(C)O[C@H](c3ccccc3)[C@H]2O[C@@H]1CC(=O)OC. The number of rotatable bonds is 6. The summed E-state index contributed by atoms with van der Waals surface area (Å²) in [6, 6.07) is 9.84. The van der Waals surface area contributed by atoms with Gasteiger partial charge in [0.05, 0.1) is 19.6 Å². The largest absolute Gasteiger partial charge is 0.469 e. The number of hydrogen-bond acceptors (Lipinski definition) is 7. The molecule has 0 amide bonds. The molecule has 0 bridgehead atoms. The molecule has 5 atom stereocenters.